The molecule has 0 unspecified atom stereocenters. The van der Waals surface area contributed by atoms with E-state index in [0.29, 0.717) is 18.7 Å². The summed E-state index contributed by atoms with van der Waals surface area (Å²) in [5.41, 5.74) is 3.68. The zero-order valence-corrected chi connectivity index (χ0v) is 27.5. The fraction of sp³-hybridized carbons (Fsp3) is 0.438. The van der Waals surface area contributed by atoms with E-state index in [4.69, 9.17) is 4.98 Å². The van der Waals surface area contributed by atoms with Crippen molar-refractivity contribution in [1.29, 1.82) is 0 Å². The molecule has 4 aromatic rings. The fourth-order valence-electron chi connectivity index (χ4n) is 5.44. The second kappa shape index (κ2) is 12.9. The number of fused-ring (bicyclic) bond motifs is 2. The molecule has 1 N–H and O–H groups in total. The Hall–Kier alpha value is -2.63. The van der Waals surface area contributed by atoms with Crippen molar-refractivity contribution in [2.45, 2.75) is 58.9 Å². The minimum Gasteiger partial charge on any atom is -0.313 e. The average molecular weight is 625 g/mol. The summed E-state index contributed by atoms with van der Waals surface area (Å²) in [4.78, 5) is 22.4. The van der Waals surface area contributed by atoms with Crippen LogP contribution in [0.15, 0.2) is 53.4 Å². The van der Waals surface area contributed by atoms with Crippen LogP contribution in [0.2, 0.25) is 0 Å². The van der Waals surface area contributed by atoms with Crippen LogP contribution >= 0.6 is 22.7 Å². The normalized spacial score (nSPS) is 14.3. The van der Waals surface area contributed by atoms with Gasteiger partial charge in [-0.2, -0.15) is 4.31 Å². The zero-order chi connectivity index (χ0) is 30.0. The smallest absolute Gasteiger partial charge is 0.256 e. The summed E-state index contributed by atoms with van der Waals surface area (Å²) >= 11 is 3.28. The molecule has 0 spiro atoms. The van der Waals surface area contributed by atoms with Crippen molar-refractivity contribution in [2.24, 2.45) is 11.8 Å². The number of thiophene rings is 1. The van der Waals surface area contributed by atoms with Gasteiger partial charge in [0.15, 0.2) is 0 Å². The number of nitrogens with zero attached hydrogens (tertiary/aromatic N) is 3. The molecule has 0 saturated heterocycles. The number of anilines is 1. The highest BCUT2D eigenvalue weighted by Crippen LogP contribution is 2.45. The Morgan fingerprint density at radius 3 is 2.36 bits per heavy atom. The summed E-state index contributed by atoms with van der Waals surface area (Å²) in [6.45, 7) is 14.1. The number of thiazole rings is 1. The van der Waals surface area contributed by atoms with Crippen LogP contribution in [0.4, 0.5) is 5.00 Å². The van der Waals surface area contributed by atoms with Crippen molar-refractivity contribution in [1.82, 2.24) is 14.2 Å². The maximum Gasteiger partial charge on any atom is 0.256 e. The lowest BCUT2D eigenvalue weighted by atomic mass is 10.0. The van der Waals surface area contributed by atoms with Gasteiger partial charge in [-0.05, 0) is 73.2 Å². The van der Waals surface area contributed by atoms with Gasteiger partial charge in [0.25, 0.3) is 5.91 Å². The number of amides is 1. The molecule has 0 saturated carbocycles. The van der Waals surface area contributed by atoms with Crippen molar-refractivity contribution in [3.8, 4) is 10.6 Å². The highest BCUT2D eigenvalue weighted by molar-refractivity contribution is 7.89. The Morgan fingerprint density at radius 2 is 1.71 bits per heavy atom. The molecule has 0 atom stereocenters. The van der Waals surface area contributed by atoms with Crippen LogP contribution in [0.5, 0.6) is 0 Å². The standard InChI is InChI=1S/C32H40N4O3S3/c1-6-16-35-17-15-25-28(20-35)41-32(29(25)31-33-26-9-7-8-10-27(26)40-31)34-30(37)23-11-13-24(14-12-23)42(38,39)36(18-21(2)3)19-22(4)5/h7-14,21-22H,6,15-20H2,1-5H3,(H,34,37). The molecule has 5 rings (SSSR count). The lowest BCUT2D eigenvalue weighted by Gasteiger charge is -2.26. The van der Waals surface area contributed by atoms with Gasteiger partial charge >= 0.3 is 0 Å². The molecule has 0 radical (unpaired) electrons. The average Bonchev–Trinajstić information content (AvgIpc) is 3.52. The Bertz CT molecular complexity index is 1610. The molecule has 1 aliphatic rings. The van der Waals surface area contributed by atoms with E-state index in [1.807, 2.05) is 45.9 Å². The molecule has 1 aliphatic heterocycles. The van der Waals surface area contributed by atoms with E-state index in [1.54, 1.807) is 51.2 Å². The number of hydrogen-bond acceptors (Lipinski definition) is 7. The lowest BCUT2D eigenvalue weighted by molar-refractivity contribution is 0.102. The van der Waals surface area contributed by atoms with Gasteiger partial charge in [0, 0.05) is 42.2 Å². The van der Waals surface area contributed by atoms with E-state index in [0.717, 1.165) is 58.3 Å². The molecule has 0 aliphatic carbocycles. The second-order valence-corrected chi connectivity index (χ2v) is 15.9. The summed E-state index contributed by atoms with van der Waals surface area (Å²) in [6.07, 6.45) is 2.02. The van der Waals surface area contributed by atoms with E-state index >= 15 is 0 Å². The predicted molar refractivity (Wildman–Crippen MR) is 175 cm³/mol. The first-order valence-corrected chi connectivity index (χ1v) is 17.8. The Labute approximate surface area is 257 Å². The molecule has 3 heterocycles. The van der Waals surface area contributed by atoms with E-state index in [9.17, 15) is 13.2 Å². The van der Waals surface area contributed by atoms with Gasteiger partial charge in [-0.15, -0.1) is 22.7 Å². The minimum atomic E-state index is -3.67. The van der Waals surface area contributed by atoms with Crippen LogP contribution in [0.25, 0.3) is 20.8 Å². The van der Waals surface area contributed by atoms with E-state index in [-0.39, 0.29) is 22.6 Å². The molecule has 2 aromatic heterocycles. The summed E-state index contributed by atoms with van der Waals surface area (Å²) < 4.78 is 29.6. The van der Waals surface area contributed by atoms with Crippen LogP contribution in [-0.4, -0.2) is 54.7 Å². The highest BCUT2D eigenvalue weighted by atomic mass is 32.2. The van der Waals surface area contributed by atoms with Gasteiger partial charge < -0.3 is 5.32 Å². The number of para-hydroxylation sites is 1. The first-order chi connectivity index (χ1) is 20.1. The third kappa shape index (κ3) is 6.63. The van der Waals surface area contributed by atoms with Gasteiger partial charge in [0.05, 0.1) is 15.1 Å². The molecule has 2 aromatic carbocycles. The molecular formula is C32H40N4O3S3. The van der Waals surface area contributed by atoms with Crippen LogP contribution in [-0.2, 0) is 23.0 Å². The maximum atomic E-state index is 13.5. The van der Waals surface area contributed by atoms with Crippen molar-refractivity contribution < 1.29 is 13.2 Å². The molecular weight excluding hydrogens is 585 g/mol. The van der Waals surface area contributed by atoms with Crippen molar-refractivity contribution in [3.63, 3.8) is 0 Å². The predicted octanol–water partition coefficient (Wildman–Crippen LogP) is 7.35. The van der Waals surface area contributed by atoms with E-state index < -0.39 is 10.0 Å². The summed E-state index contributed by atoms with van der Waals surface area (Å²) in [5.74, 6) is 0.157. The molecule has 10 heteroatoms. The van der Waals surface area contributed by atoms with Gasteiger partial charge in [0.1, 0.15) is 10.0 Å². The number of rotatable bonds is 11. The SMILES string of the molecule is CCCN1CCc2c(sc(NC(=O)c3ccc(S(=O)(=O)N(CC(C)C)CC(C)C)cc3)c2-c2nc3ccccc3s2)C1. The largest absolute Gasteiger partial charge is 0.313 e. The Kier molecular flexibility index (Phi) is 9.49. The van der Waals surface area contributed by atoms with Crippen LogP contribution < -0.4 is 5.32 Å². The highest BCUT2D eigenvalue weighted by Gasteiger charge is 2.29. The fourth-order valence-corrected chi connectivity index (χ4v) is 9.61. The number of carbonyl (C=O) groups excluding carboxylic acids is 1. The van der Waals surface area contributed by atoms with Crippen LogP contribution in [0, 0.1) is 11.8 Å². The third-order valence-electron chi connectivity index (χ3n) is 7.30. The monoisotopic (exact) mass is 624 g/mol. The van der Waals surface area contributed by atoms with Crippen molar-refractivity contribution >= 4 is 53.8 Å². The number of benzene rings is 2. The van der Waals surface area contributed by atoms with Crippen LogP contribution in [0.1, 0.15) is 61.8 Å². The number of nitrogens with one attached hydrogen (secondary N) is 1. The molecule has 0 fully saturated rings. The van der Waals surface area contributed by atoms with Gasteiger partial charge in [-0.3, -0.25) is 9.69 Å². The summed E-state index contributed by atoms with van der Waals surface area (Å²) in [5, 5.41) is 4.90. The van der Waals surface area contributed by atoms with Crippen molar-refractivity contribution in [2.75, 3.05) is 31.5 Å². The molecule has 1 amide bonds. The molecule has 42 heavy (non-hydrogen) atoms. The Morgan fingerprint density at radius 1 is 1.02 bits per heavy atom. The first-order valence-electron chi connectivity index (χ1n) is 14.7. The molecule has 7 nitrogen and oxygen atoms in total. The van der Waals surface area contributed by atoms with E-state index in [2.05, 4.69) is 23.2 Å². The lowest BCUT2D eigenvalue weighted by Crippen LogP contribution is -2.37. The third-order valence-corrected chi connectivity index (χ3v) is 11.3. The van der Waals surface area contributed by atoms with Crippen LogP contribution in [0.3, 0.4) is 0 Å². The van der Waals surface area contributed by atoms with Crippen molar-refractivity contribution in [3.05, 3.63) is 64.5 Å². The van der Waals surface area contributed by atoms with Gasteiger partial charge in [-0.25, -0.2) is 13.4 Å². The number of sulfonamides is 1. The molecule has 0 bridgehead atoms. The Balaban J connectivity index is 1.44. The van der Waals surface area contributed by atoms with Gasteiger partial charge in [-0.1, -0.05) is 46.8 Å². The number of carbonyl (C=O) groups is 1. The number of aromatic nitrogens is 1. The topological polar surface area (TPSA) is 82.6 Å². The zero-order valence-electron chi connectivity index (χ0n) is 25.0. The molecule has 224 valence electrons. The van der Waals surface area contributed by atoms with Gasteiger partial charge in [0.2, 0.25) is 10.0 Å². The van der Waals surface area contributed by atoms with E-state index in [1.165, 1.54) is 10.4 Å². The maximum absolute atomic E-state index is 13.5. The quantitative estimate of drug-likeness (QED) is 0.189. The first kappa shape index (κ1) is 30.8. The number of hydrogen-bond donors (Lipinski definition) is 1. The summed E-state index contributed by atoms with van der Waals surface area (Å²) in [6, 6.07) is 14.4. The summed E-state index contributed by atoms with van der Waals surface area (Å²) in [7, 11) is -3.67. The minimum absolute atomic E-state index is 0.207. The second-order valence-electron chi connectivity index (χ2n) is 11.8.